The Kier molecular flexibility index (Phi) is 5.07. The number of rotatable bonds is 5. The molecule has 1 atom stereocenters. The minimum absolute atomic E-state index is 0.0912. The van der Waals surface area contributed by atoms with Gasteiger partial charge in [-0.15, -0.1) is 0 Å². The van der Waals surface area contributed by atoms with Gasteiger partial charge in [0.15, 0.2) is 5.82 Å². The van der Waals surface area contributed by atoms with Gasteiger partial charge in [0.2, 0.25) is 5.89 Å². The van der Waals surface area contributed by atoms with Gasteiger partial charge in [-0.2, -0.15) is 4.98 Å². The predicted molar refractivity (Wildman–Crippen MR) is 86.7 cm³/mol. The van der Waals surface area contributed by atoms with Gasteiger partial charge in [0.05, 0.1) is 19.7 Å². The summed E-state index contributed by atoms with van der Waals surface area (Å²) < 4.78 is 10.3. The summed E-state index contributed by atoms with van der Waals surface area (Å²) in [6.07, 6.45) is 0. The van der Waals surface area contributed by atoms with Crippen LogP contribution in [0.2, 0.25) is 0 Å². The van der Waals surface area contributed by atoms with Gasteiger partial charge in [-0.05, 0) is 31.3 Å². The first kappa shape index (κ1) is 16.4. The number of benzene rings is 1. The lowest BCUT2D eigenvalue weighted by molar-refractivity contribution is 0.0946. The Labute approximate surface area is 140 Å². The van der Waals surface area contributed by atoms with Gasteiger partial charge in [0.25, 0.3) is 5.91 Å². The maximum Gasteiger partial charge on any atom is 0.251 e. The van der Waals surface area contributed by atoms with E-state index in [4.69, 9.17) is 9.26 Å². The average Bonchev–Trinajstić information content (AvgIpc) is 3.09. The van der Waals surface area contributed by atoms with Crippen molar-refractivity contribution in [3.63, 3.8) is 0 Å². The van der Waals surface area contributed by atoms with Crippen molar-refractivity contribution in [3.8, 4) is 5.75 Å². The minimum Gasteiger partial charge on any atom is -0.497 e. The molecule has 0 radical (unpaired) electrons. The standard InChI is InChI=1S/C16H21N5O3/c1-21-8-7-17-9-13(21)15-19-14(24-20-15)10-18-16(22)11-3-5-12(23-2)6-4-11/h3-6,13,17H,7-10H2,1-2H3,(H,18,22). The lowest BCUT2D eigenvalue weighted by atomic mass is 10.2. The number of methoxy groups -OCH3 is 1. The summed E-state index contributed by atoms with van der Waals surface area (Å²) in [7, 11) is 3.62. The molecule has 1 saturated heterocycles. The number of likely N-dealkylation sites (N-methyl/N-ethyl adjacent to an activating group) is 1. The van der Waals surface area contributed by atoms with Crippen molar-refractivity contribution in [3.05, 3.63) is 41.5 Å². The summed E-state index contributed by atoms with van der Waals surface area (Å²) in [5, 5.41) is 10.1. The van der Waals surface area contributed by atoms with Crippen LogP contribution in [0.3, 0.4) is 0 Å². The SMILES string of the molecule is COc1ccc(C(=O)NCc2nc(C3CNCCN3C)no2)cc1. The van der Waals surface area contributed by atoms with E-state index >= 15 is 0 Å². The highest BCUT2D eigenvalue weighted by Crippen LogP contribution is 2.17. The zero-order valence-electron chi connectivity index (χ0n) is 13.8. The van der Waals surface area contributed by atoms with Crippen LogP contribution in [0.15, 0.2) is 28.8 Å². The summed E-state index contributed by atoms with van der Waals surface area (Å²) in [5.41, 5.74) is 0.548. The quantitative estimate of drug-likeness (QED) is 0.828. The number of nitrogens with one attached hydrogen (secondary N) is 2. The Morgan fingerprint density at radius 2 is 2.25 bits per heavy atom. The number of piperazine rings is 1. The molecule has 2 aromatic rings. The number of carbonyl (C=O) groups is 1. The third-order valence-corrected chi connectivity index (χ3v) is 4.05. The van der Waals surface area contributed by atoms with E-state index in [1.165, 1.54) is 0 Å². The van der Waals surface area contributed by atoms with Gasteiger partial charge in [0.1, 0.15) is 5.75 Å². The largest absolute Gasteiger partial charge is 0.497 e. The molecule has 0 saturated carbocycles. The first-order valence-corrected chi connectivity index (χ1v) is 7.83. The number of nitrogens with zero attached hydrogens (tertiary/aromatic N) is 3. The lowest BCUT2D eigenvalue weighted by Gasteiger charge is -2.30. The topological polar surface area (TPSA) is 92.5 Å². The Morgan fingerprint density at radius 3 is 2.96 bits per heavy atom. The second kappa shape index (κ2) is 7.41. The van der Waals surface area contributed by atoms with E-state index in [0.29, 0.717) is 23.0 Å². The minimum atomic E-state index is -0.200. The van der Waals surface area contributed by atoms with Crippen molar-refractivity contribution in [1.82, 2.24) is 25.7 Å². The fourth-order valence-corrected chi connectivity index (χ4v) is 2.57. The van der Waals surface area contributed by atoms with Crippen LogP contribution in [0, 0.1) is 0 Å². The Balaban J connectivity index is 1.57. The molecule has 8 heteroatoms. The van der Waals surface area contributed by atoms with Gasteiger partial charge >= 0.3 is 0 Å². The van der Waals surface area contributed by atoms with Crippen LogP contribution < -0.4 is 15.4 Å². The van der Waals surface area contributed by atoms with Gasteiger partial charge < -0.3 is 19.9 Å². The zero-order chi connectivity index (χ0) is 16.9. The molecule has 2 heterocycles. The number of amides is 1. The second-order valence-electron chi connectivity index (χ2n) is 5.66. The van der Waals surface area contributed by atoms with E-state index in [0.717, 1.165) is 19.6 Å². The summed E-state index contributed by atoms with van der Waals surface area (Å²) in [4.78, 5) is 18.7. The van der Waals surface area contributed by atoms with Crippen molar-refractivity contribution in [2.45, 2.75) is 12.6 Å². The molecular formula is C16H21N5O3. The van der Waals surface area contributed by atoms with Gasteiger partial charge in [-0.25, -0.2) is 0 Å². The van der Waals surface area contributed by atoms with Crippen LogP contribution in [-0.4, -0.2) is 54.7 Å². The third-order valence-electron chi connectivity index (χ3n) is 4.05. The molecule has 128 valence electrons. The van der Waals surface area contributed by atoms with Crippen LogP contribution >= 0.6 is 0 Å². The number of aromatic nitrogens is 2. The number of hydrogen-bond donors (Lipinski definition) is 2. The summed E-state index contributed by atoms with van der Waals surface area (Å²) in [6.45, 7) is 2.87. The average molecular weight is 331 g/mol. The molecular weight excluding hydrogens is 310 g/mol. The molecule has 1 aliphatic rings. The smallest absolute Gasteiger partial charge is 0.251 e. The highest BCUT2D eigenvalue weighted by molar-refractivity contribution is 5.94. The van der Waals surface area contributed by atoms with Crippen LogP contribution in [0.5, 0.6) is 5.75 Å². The van der Waals surface area contributed by atoms with Crippen LogP contribution in [0.4, 0.5) is 0 Å². The number of ether oxygens (including phenoxy) is 1. The van der Waals surface area contributed by atoms with Crippen LogP contribution in [0.25, 0.3) is 0 Å². The van der Waals surface area contributed by atoms with Crippen LogP contribution in [-0.2, 0) is 6.54 Å². The molecule has 0 spiro atoms. The van der Waals surface area contributed by atoms with Crippen molar-refractivity contribution in [2.75, 3.05) is 33.8 Å². The lowest BCUT2D eigenvalue weighted by Crippen LogP contribution is -2.44. The van der Waals surface area contributed by atoms with Crippen molar-refractivity contribution >= 4 is 5.91 Å². The van der Waals surface area contributed by atoms with Crippen LogP contribution in [0.1, 0.15) is 28.1 Å². The third kappa shape index (κ3) is 3.72. The van der Waals surface area contributed by atoms with Gasteiger partial charge in [-0.1, -0.05) is 5.16 Å². The summed E-state index contributed by atoms with van der Waals surface area (Å²) in [5.74, 6) is 1.54. The molecule has 2 N–H and O–H groups in total. The monoisotopic (exact) mass is 331 g/mol. The number of hydrogen-bond acceptors (Lipinski definition) is 7. The molecule has 1 fully saturated rings. The predicted octanol–water partition coefficient (Wildman–Crippen LogP) is 0.584. The molecule has 24 heavy (non-hydrogen) atoms. The van der Waals surface area contributed by atoms with Crippen molar-refractivity contribution in [2.24, 2.45) is 0 Å². The fourth-order valence-electron chi connectivity index (χ4n) is 2.57. The Hall–Kier alpha value is -2.45. The molecule has 3 rings (SSSR count). The van der Waals surface area contributed by atoms with E-state index < -0.39 is 0 Å². The highest BCUT2D eigenvalue weighted by Gasteiger charge is 2.25. The molecule has 1 aromatic carbocycles. The van der Waals surface area contributed by atoms with E-state index in [1.807, 2.05) is 7.05 Å². The van der Waals surface area contributed by atoms with Crippen molar-refractivity contribution < 1.29 is 14.1 Å². The molecule has 0 bridgehead atoms. The fraction of sp³-hybridized carbons (Fsp3) is 0.438. The molecule has 1 aromatic heterocycles. The highest BCUT2D eigenvalue weighted by atomic mass is 16.5. The van der Waals surface area contributed by atoms with Crippen molar-refractivity contribution in [1.29, 1.82) is 0 Å². The normalized spacial score (nSPS) is 18.3. The Bertz CT molecular complexity index is 685. The Morgan fingerprint density at radius 1 is 1.46 bits per heavy atom. The second-order valence-corrected chi connectivity index (χ2v) is 5.66. The molecule has 0 aliphatic carbocycles. The first-order chi connectivity index (χ1) is 11.7. The van der Waals surface area contributed by atoms with E-state index in [2.05, 4.69) is 25.7 Å². The van der Waals surface area contributed by atoms with E-state index in [1.54, 1.807) is 31.4 Å². The van der Waals surface area contributed by atoms with E-state index in [9.17, 15) is 4.79 Å². The van der Waals surface area contributed by atoms with E-state index in [-0.39, 0.29) is 18.5 Å². The zero-order valence-corrected chi connectivity index (χ0v) is 13.8. The molecule has 8 nitrogen and oxygen atoms in total. The van der Waals surface area contributed by atoms with Gasteiger partial charge in [-0.3, -0.25) is 9.69 Å². The van der Waals surface area contributed by atoms with Gasteiger partial charge in [0, 0.05) is 25.2 Å². The maximum atomic E-state index is 12.1. The summed E-state index contributed by atoms with van der Waals surface area (Å²) in [6, 6.07) is 6.98. The maximum absolute atomic E-state index is 12.1. The first-order valence-electron chi connectivity index (χ1n) is 7.83. The number of carbonyl (C=O) groups excluding carboxylic acids is 1. The molecule has 1 amide bonds. The molecule has 1 unspecified atom stereocenters. The molecule has 1 aliphatic heterocycles. The summed E-state index contributed by atoms with van der Waals surface area (Å²) >= 11 is 0.